The van der Waals surface area contributed by atoms with Crippen molar-refractivity contribution in [3.8, 4) is 5.69 Å². The third-order valence-electron chi connectivity index (χ3n) is 4.28. The first kappa shape index (κ1) is 19.7. The van der Waals surface area contributed by atoms with Gasteiger partial charge in [0.25, 0.3) is 0 Å². The lowest BCUT2D eigenvalue weighted by molar-refractivity contribution is 0.0992. The van der Waals surface area contributed by atoms with Crippen LogP contribution < -0.4 is 10.6 Å². The number of anilines is 3. The quantitative estimate of drug-likeness (QED) is 0.366. The van der Waals surface area contributed by atoms with Crippen molar-refractivity contribution in [3.05, 3.63) is 66.6 Å². The van der Waals surface area contributed by atoms with Gasteiger partial charge >= 0.3 is 0 Å². The van der Waals surface area contributed by atoms with Crippen molar-refractivity contribution < 1.29 is 14.2 Å². The molecule has 0 aliphatic heterocycles. The number of para-hydroxylation sites is 1. The fraction of sp³-hybridized carbons (Fsp3) is 0.190. The van der Waals surface area contributed by atoms with Gasteiger partial charge in [-0.25, -0.2) is 9.07 Å². The van der Waals surface area contributed by atoms with Crippen molar-refractivity contribution in [2.45, 2.75) is 0 Å². The number of aliphatic hydroxyl groups excluding tert-OH is 1. The Labute approximate surface area is 172 Å². The van der Waals surface area contributed by atoms with E-state index in [9.17, 15) is 4.39 Å². The average molecular weight is 408 g/mol. The fourth-order valence-corrected chi connectivity index (χ4v) is 2.96. The van der Waals surface area contributed by atoms with E-state index in [2.05, 4.69) is 25.7 Å². The molecule has 2 heterocycles. The highest BCUT2D eigenvalue weighted by Crippen LogP contribution is 2.25. The molecule has 8 nitrogen and oxygen atoms in total. The van der Waals surface area contributed by atoms with Gasteiger partial charge in [0.1, 0.15) is 11.6 Å². The van der Waals surface area contributed by atoms with Crippen LogP contribution in [0.1, 0.15) is 0 Å². The molecule has 2 aromatic heterocycles. The summed E-state index contributed by atoms with van der Waals surface area (Å²) in [5, 5.41) is 20.3. The van der Waals surface area contributed by atoms with Crippen LogP contribution >= 0.6 is 0 Å². The molecule has 9 heteroatoms. The summed E-state index contributed by atoms with van der Waals surface area (Å²) in [6.45, 7) is 1.15. The van der Waals surface area contributed by atoms with Crippen molar-refractivity contribution in [1.29, 1.82) is 0 Å². The Hall–Kier alpha value is -3.56. The molecule has 0 spiro atoms. The summed E-state index contributed by atoms with van der Waals surface area (Å²) in [4.78, 5) is 9.14. The normalized spacial score (nSPS) is 11.0. The molecule has 0 saturated carbocycles. The van der Waals surface area contributed by atoms with Crippen LogP contribution in [0.25, 0.3) is 16.7 Å². The monoisotopic (exact) mass is 408 g/mol. The Bertz CT molecular complexity index is 1120. The number of nitrogens with one attached hydrogen (secondary N) is 2. The summed E-state index contributed by atoms with van der Waals surface area (Å²) in [7, 11) is 0. The third-order valence-corrected chi connectivity index (χ3v) is 4.28. The number of rotatable bonds is 9. The Balaban J connectivity index is 1.69. The lowest BCUT2D eigenvalue weighted by Gasteiger charge is -2.11. The van der Waals surface area contributed by atoms with E-state index in [4.69, 9.17) is 9.84 Å². The molecule has 0 amide bonds. The maximum absolute atomic E-state index is 13.6. The molecule has 0 bridgehead atoms. The van der Waals surface area contributed by atoms with Crippen LogP contribution in [0.3, 0.4) is 0 Å². The van der Waals surface area contributed by atoms with Gasteiger partial charge in [0, 0.05) is 12.2 Å². The van der Waals surface area contributed by atoms with Crippen molar-refractivity contribution in [2.24, 2.45) is 0 Å². The molecule has 154 valence electrons. The average Bonchev–Trinajstić information content (AvgIpc) is 3.18. The highest BCUT2D eigenvalue weighted by Gasteiger charge is 2.14. The second kappa shape index (κ2) is 9.29. The molecule has 3 N–H and O–H groups in total. The van der Waals surface area contributed by atoms with Gasteiger partial charge in [-0.05, 0) is 30.3 Å². The molecule has 0 aliphatic carbocycles. The number of hydrogen-bond acceptors (Lipinski definition) is 7. The predicted molar refractivity (Wildman–Crippen MR) is 113 cm³/mol. The zero-order chi connectivity index (χ0) is 20.8. The number of hydrogen-bond donors (Lipinski definition) is 3. The highest BCUT2D eigenvalue weighted by molar-refractivity contribution is 5.88. The van der Waals surface area contributed by atoms with Crippen molar-refractivity contribution >= 4 is 28.5 Å². The maximum atomic E-state index is 13.6. The molecular formula is C21H21FN6O2. The van der Waals surface area contributed by atoms with E-state index in [-0.39, 0.29) is 19.0 Å². The SMILES string of the molecule is OCCOCCNc1nc(Nc2cccc(F)c2)nc2c1cnn2-c1ccccc1. The lowest BCUT2D eigenvalue weighted by atomic mass is 10.3. The number of aliphatic hydroxyl groups is 1. The van der Waals surface area contributed by atoms with Crippen LogP contribution in [-0.2, 0) is 4.74 Å². The minimum atomic E-state index is -0.352. The van der Waals surface area contributed by atoms with E-state index >= 15 is 0 Å². The van der Waals surface area contributed by atoms with Gasteiger partial charge in [-0.3, -0.25) is 0 Å². The molecule has 0 radical (unpaired) electrons. The first-order valence-corrected chi connectivity index (χ1v) is 9.51. The molecule has 0 saturated heterocycles. The number of benzene rings is 2. The zero-order valence-corrected chi connectivity index (χ0v) is 16.1. The van der Waals surface area contributed by atoms with Crippen LogP contribution in [0.15, 0.2) is 60.8 Å². The predicted octanol–water partition coefficient (Wildman–Crippen LogP) is 3.12. The molecule has 0 unspecified atom stereocenters. The molecule has 4 rings (SSSR count). The van der Waals surface area contributed by atoms with Crippen molar-refractivity contribution in [3.63, 3.8) is 0 Å². The topological polar surface area (TPSA) is 97.1 Å². The summed E-state index contributed by atoms with van der Waals surface area (Å²) in [5.41, 5.74) is 2.01. The molecule has 0 fully saturated rings. The standard InChI is InChI=1S/C21H21FN6O2/c22-15-5-4-6-16(13-15)25-21-26-19(23-9-11-30-12-10-29)18-14-24-28(20(18)27-21)17-7-2-1-3-8-17/h1-8,13-14,29H,9-12H2,(H2,23,25,26,27). The van der Waals surface area contributed by atoms with Crippen LogP contribution in [-0.4, -0.2) is 51.2 Å². The van der Waals surface area contributed by atoms with E-state index in [0.717, 1.165) is 11.1 Å². The second-order valence-electron chi connectivity index (χ2n) is 6.42. The Morgan fingerprint density at radius 1 is 1.03 bits per heavy atom. The molecular weight excluding hydrogens is 387 g/mol. The minimum absolute atomic E-state index is 0.0245. The molecule has 0 aliphatic rings. The molecule has 2 aromatic carbocycles. The zero-order valence-electron chi connectivity index (χ0n) is 16.1. The highest BCUT2D eigenvalue weighted by atomic mass is 19.1. The summed E-state index contributed by atoms with van der Waals surface area (Å²) < 4.78 is 20.6. The third kappa shape index (κ3) is 4.53. The maximum Gasteiger partial charge on any atom is 0.231 e. The van der Waals surface area contributed by atoms with Crippen LogP contribution in [0.5, 0.6) is 0 Å². The number of nitrogens with zero attached hydrogens (tertiary/aromatic N) is 4. The van der Waals surface area contributed by atoms with Gasteiger partial charge in [0.05, 0.1) is 37.1 Å². The summed E-state index contributed by atoms with van der Waals surface area (Å²) in [6.07, 6.45) is 1.70. The lowest BCUT2D eigenvalue weighted by Crippen LogP contribution is -2.13. The van der Waals surface area contributed by atoms with Gasteiger partial charge in [-0.15, -0.1) is 0 Å². The van der Waals surface area contributed by atoms with E-state index in [0.29, 0.717) is 36.3 Å². The minimum Gasteiger partial charge on any atom is -0.394 e. The number of fused-ring (bicyclic) bond motifs is 1. The van der Waals surface area contributed by atoms with E-state index < -0.39 is 0 Å². The smallest absolute Gasteiger partial charge is 0.231 e. The van der Waals surface area contributed by atoms with Crippen LogP contribution in [0.4, 0.5) is 21.8 Å². The largest absolute Gasteiger partial charge is 0.394 e. The van der Waals surface area contributed by atoms with E-state index in [1.165, 1.54) is 12.1 Å². The van der Waals surface area contributed by atoms with Gasteiger partial charge in [0.15, 0.2) is 5.65 Å². The number of aromatic nitrogens is 4. The Kier molecular flexibility index (Phi) is 6.11. The first-order chi connectivity index (χ1) is 14.7. The fourth-order valence-electron chi connectivity index (χ4n) is 2.96. The summed E-state index contributed by atoms with van der Waals surface area (Å²) in [6, 6.07) is 15.7. The molecule has 4 aromatic rings. The summed E-state index contributed by atoms with van der Waals surface area (Å²) in [5.74, 6) is 0.535. The Morgan fingerprint density at radius 2 is 1.90 bits per heavy atom. The number of ether oxygens (including phenoxy) is 1. The van der Waals surface area contributed by atoms with Crippen LogP contribution in [0, 0.1) is 5.82 Å². The van der Waals surface area contributed by atoms with Crippen LogP contribution in [0.2, 0.25) is 0 Å². The summed E-state index contributed by atoms with van der Waals surface area (Å²) >= 11 is 0. The van der Waals surface area contributed by atoms with Crippen molar-refractivity contribution in [1.82, 2.24) is 19.7 Å². The molecule has 0 atom stereocenters. The van der Waals surface area contributed by atoms with Gasteiger partial charge in [-0.1, -0.05) is 24.3 Å². The number of halogens is 1. The second-order valence-corrected chi connectivity index (χ2v) is 6.42. The van der Waals surface area contributed by atoms with E-state index in [1.807, 2.05) is 30.3 Å². The van der Waals surface area contributed by atoms with E-state index in [1.54, 1.807) is 23.0 Å². The van der Waals surface area contributed by atoms with Crippen molar-refractivity contribution in [2.75, 3.05) is 37.0 Å². The van der Waals surface area contributed by atoms with Gasteiger partial charge in [-0.2, -0.15) is 15.1 Å². The van der Waals surface area contributed by atoms with Gasteiger partial charge < -0.3 is 20.5 Å². The Morgan fingerprint density at radius 3 is 2.70 bits per heavy atom. The first-order valence-electron chi connectivity index (χ1n) is 9.51. The molecule has 30 heavy (non-hydrogen) atoms. The van der Waals surface area contributed by atoms with Gasteiger partial charge in [0.2, 0.25) is 5.95 Å².